The van der Waals surface area contributed by atoms with Crippen molar-refractivity contribution < 1.29 is 26.4 Å². The van der Waals surface area contributed by atoms with Gasteiger partial charge in [-0.15, -0.1) is 12.4 Å². The minimum absolute atomic E-state index is 0. The Morgan fingerprint density at radius 2 is 1.60 bits per heavy atom. The van der Waals surface area contributed by atoms with E-state index in [1.165, 1.54) is 12.1 Å². The molecule has 0 saturated heterocycles. The van der Waals surface area contributed by atoms with E-state index in [0.717, 1.165) is 6.07 Å². The predicted molar refractivity (Wildman–Crippen MR) is 110 cm³/mol. The van der Waals surface area contributed by atoms with E-state index >= 15 is 0 Å². The lowest BCUT2D eigenvalue weighted by Crippen LogP contribution is -2.33. The first-order chi connectivity index (χ1) is 13.6. The quantitative estimate of drug-likeness (QED) is 0.628. The van der Waals surface area contributed by atoms with Gasteiger partial charge in [-0.25, -0.2) is 21.6 Å². The number of nitrogens with one attached hydrogen (secondary N) is 1. The van der Waals surface area contributed by atoms with E-state index < -0.39 is 38.4 Å². The third-order valence-electron chi connectivity index (χ3n) is 4.90. The molecule has 2 aromatic rings. The molecule has 1 aliphatic rings. The van der Waals surface area contributed by atoms with Crippen molar-refractivity contribution in [1.82, 2.24) is 0 Å². The van der Waals surface area contributed by atoms with Crippen molar-refractivity contribution in [1.29, 1.82) is 0 Å². The molecule has 1 amide bonds. The summed E-state index contributed by atoms with van der Waals surface area (Å²) in [5, 5.41) is 1.52. The number of rotatable bonds is 4. The Balaban J connectivity index is 0.00000320. The summed E-state index contributed by atoms with van der Waals surface area (Å²) in [6, 6.07) is 4.88. The van der Waals surface area contributed by atoms with Crippen molar-refractivity contribution in [3.8, 4) is 0 Å². The fourth-order valence-electron chi connectivity index (χ4n) is 3.27. The Morgan fingerprint density at radius 3 is 2.17 bits per heavy atom. The zero-order valence-corrected chi connectivity index (χ0v) is 17.9. The number of carbonyl (C=O) groups excluding carboxylic acids is 1. The summed E-state index contributed by atoms with van der Waals surface area (Å²) < 4.78 is 65.7. The van der Waals surface area contributed by atoms with Crippen molar-refractivity contribution in [3.05, 3.63) is 58.4 Å². The Morgan fingerprint density at radius 1 is 1.03 bits per heavy atom. The minimum Gasteiger partial charge on any atom is -0.328 e. The van der Waals surface area contributed by atoms with E-state index in [-0.39, 0.29) is 39.6 Å². The van der Waals surface area contributed by atoms with E-state index in [1.54, 1.807) is 0 Å². The predicted octanol–water partition coefficient (Wildman–Crippen LogP) is 4.48. The molecular weight excluding hydrogens is 464 g/mol. The van der Waals surface area contributed by atoms with E-state index in [9.17, 15) is 26.4 Å². The van der Waals surface area contributed by atoms with E-state index in [4.69, 9.17) is 17.3 Å². The second kappa shape index (κ2) is 9.55. The number of halogens is 5. The van der Waals surface area contributed by atoms with Crippen molar-refractivity contribution in [3.63, 3.8) is 0 Å². The molecule has 1 saturated carbocycles. The van der Waals surface area contributed by atoms with Crippen molar-refractivity contribution in [2.24, 2.45) is 5.73 Å². The number of hydrogen-bond donors (Lipinski definition) is 2. The maximum atomic E-state index is 13.3. The highest BCUT2D eigenvalue weighted by atomic mass is 35.5. The molecule has 164 valence electrons. The average molecular weight is 483 g/mol. The average Bonchev–Trinajstić information content (AvgIpc) is 2.66. The third-order valence-corrected chi connectivity index (χ3v) is 7.64. The van der Waals surface area contributed by atoms with Crippen LogP contribution in [0.15, 0.2) is 35.2 Å². The highest BCUT2D eigenvalue weighted by Crippen LogP contribution is 2.32. The standard InChI is InChI=1S/C19H18ClF3N2O3S.ClH/c20-14-6-1-10(19(26)25-12-8-15(21)18(23)16(22)9-12)7-17(14)29(27,28)13-4-2-11(24)3-5-13;/h1,6-9,11,13H,2-5,24H2,(H,25,26);1H. The highest BCUT2D eigenvalue weighted by Gasteiger charge is 2.33. The zero-order valence-electron chi connectivity index (χ0n) is 15.5. The molecule has 0 atom stereocenters. The number of anilines is 1. The molecule has 0 aliphatic heterocycles. The van der Waals surface area contributed by atoms with E-state index in [0.29, 0.717) is 37.8 Å². The Kier molecular flexibility index (Phi) is 7.79. The molecule has 5 nitrogen and oxygen atoms in total. The van der Waals surface area contributed by atoms with Crippen molar-refractivity contribution in [2.45, 2.75) is 41.9 Å². The number of amides is 1. The fraction of sp³-hybridized carbons (Fsp3) is 0.316. The summed E-state index contributed by atoms with van der Waals surface area (Å²) in [6.45, 7) is 0. The maximum absolute atomic E-state index is 13.3. The van der Waals surface area contributed by atoms with Crippen LogP contribution in [-0.4, -0.2) is 25.6 Å². The molecule has 0 unspecified atom stereocenters. The lowest BCUT2D eigenvalue weighted by molar-refractivity contribution is 0.102. The SMILES string of the molecule is Cl.NC1CCC(S(=O)(=O)c2cc(C(=O)Nc3cc(F)c(F)c(F)c3)ccc2Cl)CC1. The summed E-state index contributed by atoms with van der Waals surface area (Å²) in [4.78, 5) is 12.2. The van der Waals surface area contributed by atoms with Crippen LogP contribution in [0.4, 0.5) is 18.9 Å². The minimum atomic E-state index is -3.80. The van der Waals surface area contributed by atoms with Crippen LogP contribution in [0.25, 0.3) is 0 Å². The molecule has 3 N–H and O–H groups in total. The van der Waals surface area contributed by atoms with Gasteiger partial charge < -0.3 is 11.1 Å². The zero-order chi connectivity index (χ0) is 21.3. The molecule has 0 heterocycles. The van der Waals surface area contributed by atoms with Crippen molar-refractivity contribution >= 4 is 45.4 Å². The largest absolute Gasteiger partial charge is 0.328 e. The van der Waals surface area contributed by atoms with Crippen LogP contribution < -0.4 is 11.1 Å². The lowest BCUT2D eigenvalue weighted by Gasteiger charge is -2.26. The van der Waals surface area contributed by atoms with E-state index in [1.807, 2.05) is 0 Å². The molecule has 0 aromatic heterocycles. The first-order valence-corrected chi connectivity index (χ1v) is 10.8. The van der Waals surface area contributed by atoms with Crippen LogP contribution in [0.1, 0.15) is 36.0 Å². The first kappa shape index (κ1) is 24.5. The number of benzene rings is 2. The van der Waals surface area contributed by atoms with Gasteiger partial charge in [-0.3, -0.25) is 4.79 Å². The third kappa shape index (κ3) is 5.08. The molecule has 0 bridgehead atoms. The molecule has 0 radical (unpaired) electrons. The summed E-state index contributed by atoms with van der Waals surface area (Å²) in [5.74, 6) is -5.41. The summed E-state index contributed by atoms with van der Waals surface area (Å²) >= 11 is 6.08. The second-order valence-corrected chi connectivity index (χ2v) is 9.54. The van der Waals surface area contributed by atoms with Gasteiger partial charge in [0, 0.05) is 29.4 Å². The second-order valence-electron chi connectivity index (χ2n) is 6.93. The molecule has 1 aliphatic carbocycles. The maximum Gasteiger partial charge on any atom is 0.255 e. The number of sulfone groups is 1. The molecule has 3 rings (SSSR count). The smallest absolute Gasteiger partial charge is 0.255 e. The van der Waals surface area contributed by atoms with Crippen LogP contribution >= 0.6 is 24.0 Å². The summed E-state index contributed by atoms with van der Waals surface area (Å²) in [6.07, 6.45) is 1.93. The molecule has 11 heteroatoms. The van der Waals surface area contributed by atoms with Crippen LogP contribution in [0, 0.1) is 17.5 Å². The Hall–Kier alpha value is -1.81. The lowest BCUT2D eigenvalue weighted by atomic mass is 9.96. The van der Waals surface area contributed by atoms with Gasteiger partial charge in [0.05, 0.1) is 15.2 Å². The van der Waals surface area contributed by atoms with Gasteiger partial charge in [-0.05, 0) is 43.9 Å². The number of carbonyl (C=O) groups is 1. The Labute approximate surface area is 183 Å². The van der Waals surface area contributed by atoms with Gasteiger partial charge >= 0.3 is 0 Å². The Bertz CT molecular complexity index is 1040. The van der Waals surface area contributed by atoms with Crippen molar-refractivity contribution in [2.75, 3.05) is 5.32 Å². The van der Waals surface area contributed by atoms with Gasteiger partial charge in [-0.1, -0.05) is 11.6 Å². The van der Waals surface area contributed by atoms with Crippen LogP contribution in [0.3, 0.4) is 0 Å². The van der Waals surface area contributed by atoms with Gasteiger partial charge in [0.1, 0.15) is 0 Å². The molecular formula is C19H19Cl2F3N2O3S. The first-order valence-electron chi connectivity index (χ1n) is 8.84. The van der Waals surface area contributed by atoms with Crippen LogP contribution in [0.2, 0.25) is 5.02 Å². The molecule has 30 heavy (non-hydrogen) atoms. The van der Waals surface area contributed by atoms with Gasteiger partial charge in [0.2, 0.25) is 0 Å². The molecule has 2 aromatic carbocycles. The van der Waals surface area contributed by atoms with Crippen LogP contribution in [0.5, 0.6) is 0 Å². The number of hydrogen-bond acceptors (Lipinski definition) is 4. The van der Waals surface area contributed by atoms with Gasteiger partial charge in [0.15, 0.2) is 27.3 Å². The topological polar surface area (TPSA) is 89.3 Å². The van der Waals surface area contributed by atoms with Gasteiger partial charge in [0.25, 0.3) is 5.91 Å². The normalized spacial score (nSPS) is 19.1. The molecule has 1 fully saturated rings. The fourth-order valence-corrected chi connectivity index (χ4v) is 5.60. The number of nitrogens with two attached hydrogens (primary N) is 1. The highest BCUT2D eigenvalue weighted by molar-refractivity contribution is 7.92. The monoisotopic (exact) mass is 482 g/mol. The summed E-state index contributed by atoms with van der Waals surface area (Å²) in [7, 11) is -3.80. The van der Waals surface area contributed by atoms with E-state index in [2.05, 4.69) is 5.32 Å². The summed E-state index contributed by atoms with van der Waals surface area (Å²) in [5.41, 5.74) is 5.43. The van der Waals surface area contributed by atoms with Gasteiger partial charge in [-0.2, -0.15) is 0 Å². The van der Waals surface area contributed by atoms with Crippen LogP contribution in [-0.2, 0) is 9.84 Å². The molecule has 0 spiro atoms.